The van der Waals surface area contributed by atoms with Gasteiger partial charge in [-0.3, -0.25) is 0 Å². The number of aromatic amines is 1. The molecule has 0 saturated carbocycles. The van der Waals surface area contributed by atoms with Crippen molar-refractivity contribution in [1.82, 2.24) is 9.97 Å². The normalized spacial score (nSPS) is 10.8. The molecule has 2 heteroatoms. The van der Waals surface area contributed by atoms with E-state index in [4.69, 9.17) is 0 Å². The number of hydrogen-bond donors (Lipinski definition) is 1. The number of aromatic nitrogens is 2. The van der Waals surface area contributed by atoms with E-state index in [1.54, 1.807) is 12.4 Å². The van der Waals surface area contributed by atoms with E-state index in [9.17, 15) is 0 Å². The van der Waals surface area contributed by atoms with E-state index in [0.717, 1.165) is 5.82 Å². The van der Waals surface area contributed by atoms with Crippen molar-refractivity contribution in [3.05, 3.63) is 36.8 Å². The molecule has 0 saturated heterocycles. The van der Waals surface area contributed by atoms with Crippen molar-refractivity contribution in [2.45, 2.75) is 6.92 Å². The molecule has 47 valence electrons. The summed E-state index contributed by atoms with van der Waals surface area (Å²) in [5, 5.41) is 0. The number of nitrogens with zero attached hydrogens (tertiary/aromatic N) is 1. The molecule has 1 radical (unpaired) electrons. The van der Waals surface area contributed by atoms with Crippen LogP contribution in [0.2, 0.25) is 0 Å². The molecule has 1 aromatic heterocycles. The molecule has 2 nitrogen and oxygen atoms in total. The summed E-state index contributed by atoms with van der Waals surface area (Å²) in [5.41, 5.74) is 0. The molecule has 1 heterocycles. The molecule has 9 heavy (non-hydrogen) atoms. The van der Waals surface area contributed by atoms with Gasteiger partial charge in [0, 0.05) is 18.8 Å². The minimum atomic E-state index is 0.896. The van der Waals surface area contributed by atoms with Gasteiger partial charge in [0.25, 0.3) is 0 Å². The van der Waals surface area contributed by atoms with Gasteiger partial charge in [-0.05, 0) is 6.92 Å². The number of allylic oxidation sites excluding steroid dienone is 2. The van der Waals surface area contributed by atoms with Gasteiger partial charge in [0.15, 0.2) is 0 Å². The third-order valence-electron chi connectivity index (χ3n) is 0.966. The predicted molar refractivity (Wildman–Crippen MR) is 36.8 cm³/mol. The van der Waals surface area contributed by atoms with Crippen molar-refractivity contribution in [3.63, 3.8) is 0 Å². The first-order valence-electron chi connectivity index (χ1n) is 2.89. The average Bonchev–Trinajstić information content (AvgIpc) is 2.34. The van der Waals surface area contributed by atoms with Gasteiger partial charge in [0.1, 0.15) is 5.82 Å². The molecule has 0 spiro atoms. The molecule has 1 N–H and O–H groups in total. The van der Waals surface area contributed by atoms with Gasteiger partial charge in [0.05, 0.1) is 0 Å². The fraction of sp³-hybridized carbons (Fsp3) is 0.143. The van der Waals surface area contributed by atoms with Crippen LogP contribution < -0.4 is 0 Å². The van der Waals surface area contributed by atoms with Crippen LogP contribution in [0.1, 0.15) is 12.7 Å². The molecular formula is C7H9N2. The van der Waals surface area contributed by atoms with Gasteiger partial charge in [0.2, 0.25) is 0 Å². The second kappa shape index (κ2) is 3.07. The van der Waals surface area contributed by atoms with E-state index in [1.165, 1.54) is 0 Å². The quantitative estimate of drug-likeness (QED) is 0.631. The Bertz CT molecular complexity index is 175. The molecule has 0 aromatic carbocycles. The van der Waals surface area contributed by atoms with Crippen LogP contribution in [0.25, 0.3) is 0 Å². The summed E-state index contributed by atoms with van der Waals surface area (Å²) in [7, 11) is 0. The van der Waals surface area contributed by atoms with Crippen molar-refractivity contribution in [2.24, 2.45) is 0 Å². The fourth-order valence-electron chi connectivity index (χ4n) is 0.556. The van der Waals surface area contributed by atoms with E-state index in [-0.39, 0.29) is 0 Å². The van der Waals surface area contributed by atoms with Crippen LogP contribution in [0.4, 0.5) is 0 Å². The molecule has 0 unspecified atom stereocenters. The predicted octanol–water partition coefficient (Wildman–Crippen LogP) is 1.54. The Morgan fingerprint density at radius 3 is 3.11 bits per heavy atom. The Morgan fingerprint density at radius 1 is 1.67 bits per heavy atom. The average molecular weight is 121 g/mol. The highest BCUT2D eigenvalue weighted by atomic mass is 14.9. The van der Waals surface area contributed by atoms with Crippen LogP contribution in [0, 0.1) is 6.42 Å². The monoisotopic (exact) mass is 121 g/mol. The van der Waals surface area contributed by atoms with Gasteiger partial charge >= 0.3 is 0 Å². The van der Waals surface area contributed by atoms with Crippen molar-refractivity contribution in [1.29, 1.82) is 0 Å². The molecular weight excluding hydrogens is 112 g/mol. The lowest BCUT2D eigenvalue weighted by Crippen LogP contribution is -1.78. The number of hydrogen-bond acceptors (Lipinski definition) is 1. The molecule has 0 aliphatic heterocycles. The number of nitrogens with one attached hydrogen (secondary N) is 1. The fourth-order valence-corrected chi connectivity index (χ4v) is 0.556. The van der Waals surface area contributed by atoms with E-state index < -0.39 is 0 Å². The van der Waals surface area contributed by atoms with E-state index in [1.807, 2.05) is 25.5 Å². The summed E-state index contributed by atoms with van der Waals surface area (Å²) in [6, 6.07) is 0. The Hall–Kier alpha value is -1.05. The topological polar surface area (TPSA) is 28.7 Å². The van der Waals surface area contributed by atoms with Gasteiger partial charge < -0.3 is 4.98 Å². The summed E-state index contributed by atoms with van der Waals surface area (Å²) >= 11 is 0. The van der Waals surface area contributed by atoms with Crippen molar-refractivity contribution in [3.8, 4) is 0 Å². The highest BCUT2D eigenvalue weighted by Crippen LogP contribution is 1.92. The Labute approximate surface area is 54.6 Å². The zero-order valence-electron chi connectivity index (χ0n) is 5.33. The lowest BCUT2D eigenvalue weighted by atomic mass is 10.4. The second-order valence-electron chi connectivity index (χ2n) is 1.67. The largest absolute Gasteiger partial charge is 0.348 e. The highest BCUT2D eigenvalue weighted by molar-refractivity contribution is 5.11. The second-order valence-corrected chi connectivity index (χ2v) is 1.67. The molecule has 0 fully saturated rings. The molecule has 0 aliphatic carbocycles. The molecule has 0 atom stereocenters. The standard InChI is InChI=1S/C7H9N2/c1-2-3-4-7-8-5-6-9-7/h2-6H,1H3,(H,8,9)/b3-2+. The maximum Gasteiger partial charge on any atom is 0.114 e. The van der Waals surface area contributed by atoms with Gasteiger partial charge in [-0.2, -0.15) is 0 Å². The Morgan fingerprint density at radius 2 is 2.56 bits per heavy atom. The van der Waals surface area contributed by atoms with Gasteiger partial charge in [-0.25, -0.2) is 4.98 Å². The van der Waals surface area contributed by atoms with E-state index >= 15 is 0 Å². The van der Waals surface area contributed by atoms with E-state index in [2.05, 4.69) is 9.97 Å². The van der Waals surface area contributed by atoms with E-state index in [0.29, 0.717) is 0 Å². The Kier molecular flexibility index (Phi) is 2.07. The number of imidazole rings is 1. The zero-order valence-corrected chi connectivity index (χ0v) is 5.33. The maximum atomic E-state index is 3.99. The first-order chi connectivity index (χ1) is 4.43. The smallest absolute Gasteiger partial charge is 0.114 e. The SMILES string of the molecule is C/C=C/[CH]c1ncc[nH]1. The lowest BCUT2D eigenvalue weighted by Gasteiger charge is -1.82. The van der Waals surface area contributed by atoms with Gasteiger partial charge in [-0.1, -0.05) is 12.2 Å². The minimum Gasteiger partial charge on any atom is -0.348 e. The van der Waals surface area contributed by atoms with Crippen LogP contribution in [0.3, 0.4) is 0 Å². The molecule has 1 aromatic rings. The van der Waals surface area contributed by atoms with Crippen LogP contribution >= 0.6 is 0 Å². The van der Waals surface area contributed by atoms with Crippen molar-refractivity contribution in [2.75, 3.05) is 0 Å². The lowest BCUT2D eigenvalue weighted by molar-refractivity contribution is 1.19. The van der Waals surface area contributed by atoms with Crippen LogP contribution in [0.5, 0.6) is 0 Å². The minimum absolute atomic E-state index is 0.896. The zero-order chi connectivity index (χ0) is 6.53. The summed E-state index contributed by atoms with van der Waals surface area (Å²) in [5.74, 6) is 0.896. The summed E-state index contributed by atoms with van der Waals surface area (Å²) in [4.78, 5) is 6.95. The summed E-state index contributed by atoms with van der Waals surface area (Å²) < 4.78 is 0. The first kappa shape index (κ1) is 6.08. The first-order valence-corrected chi connectivity index (χ1v) is 2.89. The maximum absolute atomic E-state index is 3.99. The van der Waals surface area contributed by atoms with Gasteiger partial charge in [-0.15, -0.1) is 0 Å². The summed E-state index contributed by atoms with van der Waals surface area (Å²) in [6.45, 7) is 1.97. The Balaban J connectivity index is 2.48. The molecule has 0 bridgehead atoms. The van der Waals surface area contributed by atoms with Crippen molar-refractivity contribution < 1.29 is 0 Å². The van der Waals surface area contributed by atoms with Crippen LogP contribution in [-0.4, -0.2) is 9.97 Å². The molecule has 0 aliphatic rings. The van der Waals surface area contributed by atoms with Crippen LogP contribution in [0.15, 0.2) is 24.5 Å². The third kappa shape index (κ3) is 1.72. The van der Waals surface area contributed by atoms with Crippen molar-refractivity contribution >= 4 is 0 Å². The molecule has 0 amide bonds. The number of rotatable bonds is 2. The van der Waals surface area contributed by atoms with Crippen LogP contribution in [-0.2, 0) is 0 Å². The number of H-pyrrole nitrogens is 1. The highest BCUT2D eigenvalue weighted by Gasteiger charge is 1.86. The molecule has 1 rings (SSSR count). The third-order valence-corrected chi connectivity index (χ3v) is 0.966. The summed E-state index contributed by atoms with van der Waals surface area (Å²) in [6.07, 6.45) is 9.35.